The average molecular weight is 263 g/mol. The minimum Gasteiger partial charge on any atom is -0.491 e. The number of ether oxygens (including phenoxy) is 2. The lowest BCUT2D eigenvalue weighted by atomic mass is 10.0. The van der Waals surface area contributed by atoms with Crippen molar-refractivity contribution in [3.8, 4) is 5.75 Å². The number of benzene rings is 1. The van der Waals surface area contributed by atoms with Crippen molar-refractivity contribution in [2.24, 2.45) is 5.73 Å². The van der Waals surface area contributed by atoms with E-state index in [1.54, 1.807) is 0 Å². The van der Waals surface area contributed by atoms with Crippen LogP contribution in [0.3, 0.4) is 0 Å². The summed E-state index contributed by atoms with van der Waals surface area (Å²) >= 11 is 0. The molecule has 1 aromatic carbocycles. The van der Waals surface area contributed by atoms with Crippen LogP contribution < -0.4 is 10.5 Å². The van der Waals surface area contributed by atoms with E-state index in [9.17, 15) is 0 Å². The fourth-order valence-electron chi connectivity index (χ4n) is 2.36. The van der Waals surface area contributed by atoms with Gasteiger partial charge in [-0.25, -0.2) is 0 Å². The summed E-state index contributed by atoms with van der Waals surface area (Å²) in [6.07, 6.45) is 5.64. The van der Waals surface area contributed by atoms with Gasteiger partial charge in [0.1, 0.15) is 12.4 Å². The van der Waals surface area contributed by atoms with E-state index in [1.165, 1.54) is 18.4 Å². The molecule has 0 radical (unpaired) electrons. The Morgan fingerprint density at radius 3 is 2.95 bits per heavy atom. The van der Waals surface area contributed by atoms with Gasteiger partial charge in [-0.15, -0.1) is 0 Å². The minimum absolute atomic E-state index is 0.204. The predicted octanol–water partition coefficient (Wildman–Crippen LogP) is 2.91. The molecule has 0 saturated carbocycles. The molecular formula is C16H25NO2. The van der Waals surface area contributed by atoms with Crippen molar-refractivity contribution in [1.82, 2.24) is 0 Å². The molecule has 0 aromatic heterocycles. The molecule has 1 heterocycles. The topological polar surface area (TPSA) is 44.5 Å². The van der Waals surface area contributed by atoms with Gasteiger partial charge in [-0.2, -0.15) is 0 Å². The third-order valence-electron chi connectivity index (χ3n) is 3.68. The molecule has 19 heavy (non-hydrogen) atoms. The van der Waals surface area contributed by atoms with E-state index in [0.29, 0.717) is 6.61 Å². The van der Waals surface area contributed by atoms with Crippen LogP contribution in [-0.4, -0.2) is 25.4 Å². The Morgan fingerprint density at radius 2 is 2.21 bits per heavy atom. The first kappa shape index (κ1) is 14.4. The van der Waals surface area contributed by atoms with Crippen molar-refractivity contribution < 1.29 is 9.47 Å². The van der Waals surface area contributed by atoms with Gasteiger partial charge >= 0.3 is 0 Å². The Morgan fingerprint density at radius 1 is 1.37 bits per heavy atom. The van der Waals surface area contributed by atoms with Crippen LogP contribution in [0.5, 0.6) is 5.75 Å². The van der Waals surface area contributed by atoms with Crippen LogP contribution in [0, 0.1) is 0 Å². The minimum atomic E-state index is 0.204. The average Bonchev–Trinajstić information content (AvgIpc) is 2.47. The first-order chi connectivity index (χ1) is 9.29. The number of hydrogen-bond acceptors (Lipinski definition) is 3. The van der Waals surface area contributed by atoms with E-state index in [-0.39, 0.29) is 12.1 Å². The number of hydrogen-bond donors (Lipinski definition) is 1. The molecule has 2 unspecified atom stereocenters. The quantitative estimate of drug-likeness (QED) is 0.858. The molecular weight excluding hydrogens is 238 g/mol. The summed E-state index contributed by atoms with van der Waals surface area (Å²) in [5.74, 6) is 0.959. The number of nitrogens with two attached hydrogens (primary N) is 1. The van der Waals surface area contributed by atoms with Crippen molar-refractivity contribution in [2.75, 3.05) is 13.2 Å². The zero-order valence-corrected chi connectivity index (χ0v) is 11.8. The first-order valence-corrected chi connectivity index (χ1v) is 7.37. The Kier molecular flexibility index (Phi) is 5.67. The number of rotatable bonds is 6. The Hall–Kier alpha value is -1.06. The normalized spacial score (nSPS) is 21.1. The SMILES string of the molecule is CCC(N)Cc1ccccc1OCC1CCCCO1. The first-order valence-electron chi connectivity index (χ1n) is 7.37. The molecule has 1 fully saturated rings. The molecule has 2 N–H and O–H groups in total. The zero-order chi connectivity index (χ0) is 13.5. The molecule has 0 spiro atoms. The lowest BCUT2D eigenvalue weighted by Crippen LogP contribution is -2.26. The van der Waals surface area contributed by atoms with Gasteiger partial charge in [-0.05, 0) is 43.7 Å². The van der Waals surface area contributed by atoms with Crippen molar-refractivity contribution in [1.29, 1.82) is 0 Å². The molecule has 2 atom stereocenters. The van der Waals surface area contributed by atoms with E-state index in [2.05, 4.69) is 13.0 Å². The molecule has 106 valence electrons. The van der Waals surface area contributed by atoms with Crippen LogP contribution in [-0.2, 0) is 11.2 Å². The van der Waals surface area contributed by atoms with E-state index in [4.69, 9.17) is 15.2 Å². The van der Waals surface area contributed by atoms with Crippen LogP contribution in [0.4, 0.5) is 0 Å². The molecule has 1 saturated heterocycles. The summed E-state index contributed by atoms with van der Waals surface area (Å²) in [5.41, 5.74) is 7.23. The zero-order valence-electron chi connectivity index (χ0n) is 11.8. The van der Waals surface area contributed by atoms with Crippen LogP contribution >= 0.6 is 0 Å². The maximum absolute atomic E-state index is 6.03. The largest absolute Gasteiger partial charge is 0.491 e. The van der Waals surface area contributed by atoms with Gasteiger partial charge in [0, 0.05) is 12.6 Å². The van der Waals surface area contributed by atoms with Gasteiger partial charge in [-0.3, -0.25) is 0 Å². The second-order valence-electron chi connectivity index (χ2n) is 5.28. The van der Waals surface area contributed by atoms with Crippen LogP contribution in [0.15, 0.2) is 24.3 Å². The van der Waals surface area contributed by atoms with Crippen LogP contribution in [0.2, 0.25) is 0 Å². The van der Waals surface area contributed by atoms with Gasteiger partial charge in [0.25, 0.3) is 0 Å². The summed E-state index contributed by atoms with van der Waals surface area (Å²) in [6.45, 7) is 3.64. The highest BCUT2D eigenvalue weighted by atomic mass is 16.5. The second kappa shape index (κ2) is 7.51. The molecule has 3 heteroatoms. The van der Waals surface area contributed by atoms with Crippen LogP contribution in [0.1, 0.15) is 38.2 Å². The molecule has 3 nitrogen and oxygen atoms in total. The maximum atomic E-state index is 6.03. The van der Waals surface area contributed by atoms with Crippen molar-refractivity contribution >= 4 is 0 Å². The summed E-state index contributed by atoms with van der Waals surface area (Å²) < 4.78 is 11.6. The highest BCUT2D eigenvalue weighted by molar-refractivity contribution is 5.34. The second-order valence-corrected chi connectivity index (χ2v) is 5.28. The van der Waals surface area contributed by atoms with Gasteiger partial charge in [0.2, 0.25) is 0 Å². The van der Waals surface area contributed by atoms with Crippen molar-refractivity contribution in [2.45, 2.75) is 51.2 Å². The van der Waals surface area contributed by atoms with Crippen LogP contribution in [0.25, 0.3) is 0 Å². The van der Waals surface area contributed by atoms with Gasteiger partial charge in [-0.1, -0.05) is 25.1 Å². The lowest BCUT2D eigenvalue weighted by molar-refractivity contribution is -0.0112. The van der Waals surface area contributed by atoms with Gasteiger partial charge in [0.05, 0.1) is 6.10 Å². The third-order valence-corrected chi connectivity index (χ3v) is 3.68. The fourth-order valence-corrected chi connectivity index (χ4v) is 2.36. The van der Waals surface area contributed by atoms with Gasteiger partial charge in [0.15, 0.2) is 0 Å². The van der Waals surface area contributed by atoms with Crippen molar-refractivity contribution in [3.63, 3.8) is 0 Å². The summed E-state index contributed by atoms with van der Waals surface area (Å²) in [5, 5.41) is 0. The lowest BCUT2D eigenvalue weighted by Gasteiger charge is -2.23. The smallest absolute Gasteiger partial charge is 0.122 e. The maximum Gasteiger partial charge on any atom is 0.122 e. The van der Waals surface area contributed by atoms with E-state index < -0.39 is 0 Å². The van der Waals surface area contributed by atoms with E-state index in [0.717, 1.165) is 31.6 Å². The Labute approximate surface area is 116 Å². The Bertz CT molecular complexity index is 375. The van der Waals surface area contributed by atoms with Crippen molar-refractivity contribution in [3.05, 3.63) is 29.8 Å². The molecule has 0 aliphatic carbocycles. The molecule has 0 amide bonds. The fraction of sp³-hybridized carbons (Fsp3) is 0.625. The monoisotopic (exact) mass is 263 g/mol. The number of para-hydroxylation sites is 1. The third kappa shape index (κ3) is 4.51. The standard InChI is InChI=1S/C16H25NO2/c1-2-14(17)11-13-7-3-4-9-16(13)19-12-15-8-5-6-10-18-15/h3-4,7,9,14-15H,2,5-6,8,10-12,17H2,1H3. The molecule has 0 bridgehead atoms. The summed E-state index contributed by atoms with van der Waals surface area (Å²) in [7, 11) is 0. The molecule has 2 rings (SSSR count). The highest BCUT2D eigenvalue weighted by Gasteiger charge is 2.15. The highest BCUT2D eigenvalue weighted by Crippen LogP contribution is 2.21. The Balaban J connectivity index is 1.91. The predicted molar refractivity (Wildman–Crippen MR) is 77.5 cm³/mol. The van der Waals surface area contributed by atoms with Gasteiger partial charge < -0.3 is 15.2 Å². The molecule has 1 aliphatic rings. The summed E-state index contributed by atoms with van der Waals surface area (Å²) in [6, 6.07) is 8.39. The molecule has 1 aliphatic heterocycles. The van der Waals surface area contributed by atoms with E-state index in [1.807, 2.05) is 18.2 Å². The summed E-state index contributed by atoms with van der Waals surface area (Å²) in [4.78, 5) is 0. The molecule has 1 aromatic rings. The van der Waals surface area contributed by atoms with E-state index >= 15 is 0 Å².